The van der Waals surface area contributed by atoms with Crippen molar-refractivity contribution in [3.8, 4) is 0 Å². The third-order valence-electron chi connectivity index (χ3n) is 1.17. The van der Waals surface area contributed by atoms with Gasteiger partial charge in [-0.2, -0.15) is 0 Å². The van der Waals surface area contributed by atoms with Crippen molar-refractivity contribution in [3.05, 3.63) is 12.2 Å². The van der Waals surface area contributed by atoms with Gasteiger partial charge in [-0.25, -0.2) is 0 Å². The van der Waals surface area contributed by atoms with Crippen molar-refractivity contribution in [3.63, 3.8) is 0 Å². The molecule has 0 aliphatic heterocycles. The van der Waals surface area contributed by atoms with Crippen LogP contribution in [0.4, 0.5) is 0 Å². The highest BCUT2D eigenvalue weighted by Gasteiger charge is 2.18. The zero-order chi connectivity index (χ0) is 8.91. The van der Waals surface area contributed by atoms with Crippen molar-refractivity contribution in [1.29, 1.82) is 0 Å². The summed E-state index contributed by atoms with van der Waals surface area (Å²) in [7, 11) is -1.40. The van der Waals surface area contributed by atoms with Crippen LogP contribution >= 0.6 is 7.60 Å². The van der Waals surface area contributed by atoms with Crippen molar-refractivity contribution in [2.45, 2.75) is 13.8 Å². The SMILES string of the molecule is C=C(C)COP(=O)(CC)OC. The van der Waals surface area contributed by atoms with E-state index in [0.29, 0.717) is 12.8 Å². The molecular weight excluding hydrogens is 163 g/mol. The van der Waals surface area contributed by atoms with Gasteiger partial charge in [0.15, 0.2) is 0 Å². The van der Waals surface area contributed by atoms with Gasteiger partial charge in [-0.1, -0.05) is 19.1 Å². The maximum atomic E-state index is 11.4. The Bertz CT molecular complexity index is 169. The monoisotopic (exact) mass is 178 g/mol. The van der Waals surface area contributed by atoms with Crippen molar-refractivity contribution in [2.24, 2.45) is 0 Å². The highest BCUT2D eigenvalue weighted by atomic mass is 31.2. The zero-order valence-corrected chi connectivity index (χ0v) is 8.19. The normalized spacial score (nSPS) is 15.9. The van der Waals surface area contributed by atoms with E-state index in [1.165, 1.54) is 7.11 Å². The highest BCUT2D eigenvalue weighted by Crippen LogP contribution is 2.46. The maximum Gasteiger partial charge on any atom is 0.330 e. The Labute approximate surface area is 67.9 Å². The first-order chi connectivity index (χ1) is 5.04. The van der Waals surface area contributed by atoms with Crippen molar-refractivity contribution in [1.82, 2.24) is 0 Å². The summed E-state index contributed by atoms with van der Waals surface area (Å²) < 4.78 is 21.1. The highest BCUT2D eigenvalue weighted by molar-refractivity contribution is 7.53. The first-order valence-electron chi connectivity index (χ1n) is 3.48. The molecule has 1 unspecified atom stereocenters. The molecule has 0 aliphatic carbocycles. The van der Waals surface area contributed by atoms with Crippen LogP contribution in [0.15, 0.2) is 12.2 Å². The second-order valence-corrected chi connectivity index (χ2v) is 4.82. The van der Waals surface area contributed by atoms with Gasteiger partial charge >= 0.3 is 7.60 Å². The molecule has 0 aliphatic rings. The minimum absolute atomic E-state index is 0.305. The molecule has 66 valence electrons. The van der Waals surface area contributed by atoms with Gasteiger partial charge in [0, 0.05) is 13.3 Å². The van der Waals surface area contributed by atoms with Crippen LogP contribution in [0.1, 0.15) is 13.8 Å². The van der Waals surface area contributed by atoms with Crippen LogP contribution in [-0.4, -0.2) is 19.9 Å². The lowest BCUT2D eigenvalue weighted by atomic mass is 10.4. The zero-order valence-electron chi connectivity index (χ0n) is 7.29. The predicted octanol–water partition coefficient (Wildman–Crippen LogP) is 2.44. The molecule has 0 saturated carbocycles. The van der Waals surface area contributed by atoms with E-state index in [1.807, 2.05) is 6.92 Å². The van der Waals surface area contributed by atoms with Crippen molar-refractivity contribution >= 4 is 7.60 Å². The van der Waals surface area contributed by atoms with E-state index in [4.69, 9.17) is 9.05 Å². The second-order valence-electron chi connectivity index (χ2n) is 2.34. The lowest BCUT2D eigenvalue weighted by molar-refractivity contribution is 0.251. The van der Waals surface area contributed by atoms with Gasteiger partial charge in [-0.3, -0.25) is 4.57 Å². The standard InChI is InChI=1S/C7H15O3P/c1-5-11(8,9-4)10-6-7(2)3/h2,5-6H2,1,3-4H3. The fourth-order valence-electron chi connectivity index (χ4n) is 0.482. The van der Waals surface area contributed by atoms with Gasteiger partial charge in [-0.15, -0.1) is 0 Å². The Morgan fingerprint density at radius 2 is 2.18 bits per heavy atom. The van der Waals surface area contributed by atoms with E-state index in [-0.39, 0.29) is 0 Å². The van der Waals surface area contributed by atoms with Gasteiger partial charge in [0.05, 0.1) is 6.61 Å². The molecule has 0 aromatic heterocycles. The summed E-state index contributed by atoms with van der Waals surface area (Å²) in [4.78, 5) is 0. The molecule has 0 rings (SSSR count). The van der Waals surface area contributed by atoms with Crippen LogP contribution in [0.25, 0.3) is 0 Å². The largest absolute Gasteiger partial charge is 0.330 e. The number of rotatable bonds is 5. The molecule has 4 heteroatoms. The Kier molecular flexibility index (Phi) is 4.66. The molecule has 0 fully saturated rings. The quantitative estimate of drug-likeness (QED) is 0.479. The molecule has 3 nitrogen and oxygen atoms in total. The first-order valence-corrected chi connectivity index (χ1v) is 5.20. The topological polar surface area (TPSA) is 35.5 Å². The fraction of sp³-hybridized carbons (Fsp3) is 0.714. The summed E-state index contributed by atoms with van der Waals surface area (Å²) in [5.74, 6) is 0. The Morgan fingerprint density at radius 1 is 1.64 bits per heavy atom. The fourth-order valence-corrected chi connectivity index (χ4v) is 1.44. The molecule has 0 radical (unpaired) electrons. The summed E-state index contributed by atoms with van der Waals surface area (Å²) >= 11 is 0. The van der Waals surface area contributed by atoms with E-state index >= 15 is 0 Å². The Hall–Kier alpha value is -0.110. The molecule has 0 bridgehead atoms. The molecule has 0 amide bonds. The summed E-state index contributed by atoms with van der Waals surface area (Å²) in [5, 5.41) is 0. The average Bonchev–Trinajstić information content (AvgIpc) is 2.00. The maximum absolute atomic E-state index is 11.4. The molecular formula is C7H15O3P. The average molecular weight is 178 g/mol. The van der Waals surface area contributed by atoms with E-state index in [0.717, 1.165) is 5.57 Å². The molecule has 0 N–H and O–H groups in total. The molecule has 0 aromatic rings. The molecule has 0 aromatic carbocycles. The van der Waals surface area contributed by atoms with Crippen molar-refractivity contribution in [2.75, 3.05) is 19.9 Å². The Balaban J connectivity index is 3.89. The lowest BCUT2D eigenvalue weighted by Gasteiger charge is -2.13. The minimum Gasteiger partial charge on any atom is -0.312 e. The van der Waals surface area contributed by atoms with Crippen LogP contribution in [0, 0.1) is 0 Å². The number of hydrogen-bond donors (Lipinski definition) is 0. The minimum atomic E-state index is -2.80. The molecule has 0 saturated heterocycles. The predicted molar refractivity (Wildman–Crippen MR) is 45.9 cm³/mol. The third kappa shape index (κ3) is 4.35. The van der Waals surface area contributed by atoms with Gasteiger partial charge in [0.1, 0.15) is 0 Å². The van der Waals surface area contributed by atoms with Gasteiger partial charge < -0.3 is 9.05 Å². The van der Waals surface area contributed by atoms with E-state index < -0.39 is 7.60 Å². The first kappa shape index (κ1) is 10.9. The summed E-state index contributed by atoms with van der Waals surface area (Å²) in [6.07, 6.45) is 0.400. The van der Waals surface area contributed by atoms with Crippen LogP contribution < -0.4 is 0 Å². The number of hydrogen-bond acceptors (Lipinski definition) is 3. The van der Waals surface area contributed by atoms with Crippen LogP contribution in [-0.2, 0) is 13.6 Å². The summed E-state index contributed by atoms with van der Waals surface area (Å²) in [6.45, 7) is 7.51. The molecule has 0 heterocycles. The molecule has 1 atom stereocenters. The lowest BCUT2D eigenvalue weighted by Crippen LogP contribution is -1.97. The van der Waals surface area contributed by atoms with E-state index in [9.17, 15) is 4.57 Å². The molecule has 0 spiro atoms. The second kappa shape index (κ2) is 4.70. The molecule has 11 heavy (non-hydrogen) atoms. The van der Waals surface area contributed by atoms with Crippen molar-refractivity contribution < 1.29 is 13.6 Å². The smallest absolute Gasteiger partial charge is 0.312 e. The summed E-state index contributed by atoms with van der Waals surface area (Å²) in [5.41, 5.74) is 0.843. The van der Waals surface area contributed by atoms with Crippen LogP contribution in [0.2, 0.25) is 0 Å². The van der Waals surface area contributed by atoms with Gasteiger partial charge in [0.25, 0.3) is 0 Å². The summed E-state index contributed by atoms with van der Waals surface area (Å²) in [6, 6.07) is 0. The van der Waals surface area contributed by atoms with Crippen LogP contribution in [0.5, 0.6) is 0 Å². The van der Waals surface area contributed by atoms with E-state index in [2.05, 4.69) is 6.58 Å². The third-order valence-corrected chi connectivity index (χ3v) is 3.03. The van der Waals surface area contributed by atoms with Gasteiger partial charge in [-0.05, 0) is 6.92 Å². The van der Waals surface area contributed by atoms with Crippen LogP contribution in [0.3, 0.4) is 0 Å². The van der Waals surface area contributed by atoms with E-state index in [1.54, 1.807) is 6.92 Å². The van der Waals surface area contributed by atoms with Gasteiger partial charge in [0.2, 0.25) is 0 Å². The Morgan fingerprint density at radius 3 is 2.45 bits per heavy atom.